The van der Waals surface area contributed by atoms with Crippen molar-refractivity contribution in [2.75, 3.05) is 53.7 Å². The van der Waals surface area contributed by atoms with Crippen LogP contribution in [0.1, 0.15) is 25.7 Å². The van der Waals surface area contributed by atoms with Gasteiger partial charge in [-0.3, -0.25) is 19.3 Å². The predicted molar refractivity (Wildman–Crippen MR) is 96.8 cm³/mol. The summed E-state index contributed by atoms with van der Waals surface area (Å²) in [5.74, 6) is -0.570. The van der Waals surface area contributed by atoms with E-state index in [-0.39, 0.29) is 17.7 Å². The molecule has 3 amide bonds. The van der Waals surface area contributed by atoms with E-state index in [1.165, 1.54) is 31.3 Å². The molecule has 1 N–H and O–H groups in total. The third-order valence-electron chi connectivity index (χ3n) is 3.88. The fourth-order valence-corrected chi connectivity index (χ4v) is 2.33. The van der Waals surface area contributed by atoms with Gasteiger partial charge < -0.3 is 24.3 Å². The van der Waals surface area contributed by atoms with Crippen LogP contribution in [-0.4, -0.2) is 82.6 Å². The first-order chi connectivity index (χ1) is 13.1. The monoisotopic (exact) mass is 386 g/mol. The molecule has 0 spiro atoms. The lowest BCUT2D eigenvalue weighted by Crippen LogP contribution is -2.34. The minimum atomic E-state index is -0.435. The van der Waals surface area contributed by atoms with E-state index < -0.39 is 6.29 Å². The van der Waals surface area contributed by atoms with E-state index in [1.807, 2.05) is 0 Å². The van der Waals surface area contributed by atoms with Crippen molar-refractivity contribution >= 4 is 17.7 Å². The SMILES string of the molecule is COC(CNC(=O)CCCOCCOCCCCN1C(=O)C=CC1=O)OC. The van der Waals surface area contributed by atoms with Crippen molar-refractivity contribution in [3.05, 3.63) is 12.2 Å². The van der Waals surface area contributed by atoms with Crippen molar-refractivity contribution in [2.45, 2.75) is 32.0 Å². The third-order valence-corrected chi connectivity index (χ3v) is 3.88. The van der Waals surface area contributed by atoms with Gasteiger partial charge in [0.05, 0.1) is 19.8 Å². The van der Waals surface area contributed by atoms with Gasteiger partial charge in [-0.25, -0.2) is 0 Å². The van der Waals surface area contributed by atoms with Crippen molar-refractivity contribution in [3.63, 3.8) is 0 Å². The zero-order chi connectivity index (χ0) is 19.9. The summed E-state index contributed by atoms with van der Waals surface area (Å²) in [6.07, 6.45) is 4.62. The first-order valence-corrected chi connectivity index (χ1v) is 9.09. The second-order valence-electron chi connectivity index (χ2n) is 5.90. The summed E-state index contributed by atoms with van der Waals surface area (Å²) in [6.45, 7) is 2.71. The molecule has 9 nitrogen and oxygen atoms in total. The molecule has 0 aromatic rings. The van der Waals surface area contributed by atoms with Gasteiger partial charge >= 0.3 is 0 Å². The van der Waals surface area contributed by atoms with Gasteiger partial charge in [-0.05, 0) is 19.3 Å². The van der Waals surface area contributed by atoms with Crippen LogP contribution < -0.4 is 5.32 Å². The average Bonchev–Trinajstić information content (AvgIpc) is 2.98. The summed E-state index contributed by atoms with van der Waals surface area (Å²) >= 11 is 0. The van der Waals surface area contributed by atoms with Crippen LogP contribution in [0.15, 0.2) is 12.2 Å². The van der Waals surface area contributed by atoms with Crippen LogP contribution in [-0.2, 0) is 33.3 Å². The molecule has 27 heavy (non-hydrogen) atoms. The number of carbonyl (C=O) groups is 3. The van der Waals surface area contributed by atoms with E-state index >= 15 is 0 Å². The second kappa shape index (κ2) is 14.3. The van der Waals surface area contributed by atoms with Crippen LogP contribution in [0, 0.1) is 0 Å². The largest absolute Gasteiger partial charge is 0.379 e. The Balaban J connectivity index is 1.84. The molecular formula is C18H30N2O7. The standard InChI is InChI=1S/C18H30N2O7/c1-24-18(25-2)14-19-15(21)6-5-11-27-13-12-26-10-4-3-9-20-16(22)7-8-17(20)23/h7-8,18H,3-6,9-14H2,1-2H3,(H,19,21). The van der Waals surface area contributed by atoms with Gasteiger partial charge in [0.1, 0.15) is 0 Å². The van der Waals surface area contributed by atoms with Crippen LogP contribution in [0.2, 0.25) is 0 Å². The van der Waals surface area contributed by atoms with Crippen LogP contribution in [0.5, 0.6) is 0 Å². The molecule has 1 rings (SSSR count). The Morgan fingerprint density at radius 3 is 2.15 bits per heavy atom. The smallest absolute Gasteiger partial charge is 0.253 e. The first-order valence-electron chi connectivity index (χ1n) is 9.09. The Morgan fingerprint density at radius 1 is 0.963 bits per heavy atom. The maximum Gasteiger partial charge on any atom is 0.253 e. The molecule has 0 saturated heterocycles. The van der Waals surface area contributed by atoms with E-state index in [9.17, 15) is 14.4 Å². The fraction of sp³-hybridized carbons (Fsp3) is 0.722. The molecule has 9 heteroatoms. The van der Waals surface area contributed by atoms with Gasteiger partial charge in [0.25, 0.3) is 11.8 Å². The molecule has 0 unspecified atom stereocenters. The van der Waals surface area contributed by atoms with Crippen LogP contribution in [0.3, 0.4) is 0 Å². The number of ether oxygens (including phenoxy) is 4. The Labute approximate surface area is 159 Å². The third kappa shape index (κ3) is 10.2. The van der Waals surface area contributed by atoms with E-state index in [2.05, 4.69) is 5.32 Å². The molecule has 0 aromatic heterocycles. The molecule has 0 atom stereocenters. The molecular weight excluding hydrogens is 356 g/mol. The number of nitrogens with one attached hydrogen (secondary N) is 1. The van der Waals surface area contributed by atoms with Crippen LogP contribution in [0.25, 0.3) is 0 Å². The number of methoxy groups -OCH3 is 2. The number of amides is 3. The van der Waals surface area contributed by atoms with E-state index in [0.29, 0.717) is 58.8 Å². The number of hydrogen-bond donors (Lipinski definition) is 1. The normalized spacial score (nSPS) is 13.8. The summed E-state index contributed by atoms with van der Waals surface area (Å²) < 4.78 is 20.8. The van der Waals surface area contributed by atoms with E-state index in [0.717, 1.165) is 6.42 Å². The zero-order valence-electron chi connectivity index (χ0n) is 16.1. The number of nitrogens with zero attached hydrogens (tertiary/aromatic N) is 1. The summed E-state index contributed by atoms with van der Waals surface area (Å²) in [5, 5.41) is 2.72. The van der Waals surface area contributed by atoms with Crippen molar-refractivity contribution in [3.8, 4) is 0 Å². The summed E-state index contributed by atoms with van der Waals surface area (Å²) in [4.78, 5) is 35.5. The fourth-order valence-electron chi connectivity index (χ4n) is 2.33. The predicted octanol–water partition coefficient (Wildman–Crippen LogP) is 0.240. The van der Waals surface area contributed by atoms with Crippen molar-refractivity contribution in [1.82, 2.24) is 10.2 Å². The number of hydrogen-bond acceptors (Lipinski definition) is 7. The number of unbranched alkanes of at least 4 members (excludes halogenated alkanes) is 1. The molecule has 0 saturated carbocycles. The number of carbonyl (C=O) groups excluding carboxylic acids is 3. The topological polar surface area (TPSA) is 103 Å². The van der Waals surface area contributed by atoms with Gasteiger partial charge in [-0.2, -0.15) is 0 Å². The lowest BCUT2D eigenvalue weighted by molar-refractivity contribution is -0.136. The molecule has 0 aromatic carbocycles. The quantitative estimate of drug-likeness (QED) is 0.230. The Hall–Kier alpha value is -1.81. The molecule has 1 aliphatic heterocycles. The highest BCUT2D eigenvalue weighted by Crippen LogP contribution is 2.05. The summed E-state index contributed by atoms with van der Waals surface area (Å²) in [5.41, 5.74) is 0. The minimum Gasteiger partial charge on any atom is -0.379 e. The minimum absolute atomic E-state index is 0.0703. The summed E-state index contributed by atoms with van der Waals surface area (Å²) in [7, 11) is 3.03. The number of rotatable bonds is 16. The van der Waals surface area contributed by atoms with Gasteiger partial charge in [0, 0.05) is 52.6 Å². The Morgan fingerprint density at radius 2 is 1.56 bits per heavy atom. The van der Waals surface area contributed by atoms with Gasteiger partial charge in [0.2, 0.25) is 5.91 Å². The first kappa shape index (κ1) is 23.2. The maximum atomic E-state index is 11.6. The van der Waals surface area contributed by atoms with Crippen molar-refractivity contribution in [1.29, 1.82) is 0 Å². The van der Waals surface area contributed by atoms with E-state index in [4.69, 9.17) is 18.9 Å². The number of imide groups is 1. The van der Waals surface area contributed by atoms with Crippen molar-refractivity contribution < 1.29 is 33.3 Å². The average molecular weight is 386 g/mol. The van der Waals surface area contributed by atoms with Crippen LogP contribution in [0.4, 0.5) is 0 Å². The molecule has 0 fully saturated rings. The molecule has 154 valence electrons. The lowest BCUT2D eigenvalue weighted by Gasteiger charge is -2.14. The molecule has 1 heterocycles. The highest BCUT2D eigenvalue weighted by Gasteiger charge is 2.22. The van der Waals surface area contributed by atoms with Crippen LogP contribution >= 0.6 is 0 Å². The highest BCUT2D eigenvalue weighted by molar-refractivity contribution is 6.12. The molecule has 0 bridgehead atoms. The zero-order valence-corrected chi connectivity index (χ0v) is 16.1. The molecule has 0 radical (unpaired) electrons. The molecule has 0 aliphatic carbocycles. The van der Waals surface area contributed by atoms with Crippen molar-refractivity contribution in [2.24, 2.45) is 0 Å². The Bertz CT molecular complexity index is 474. The van der Waals surface area contributed by atoms with Gasteiger partial charge in [-0.15, -0.1) is 0 Å². The lowest BCUT2D eigenvalue weighted by atomic mass is 10.3. The van der Waals surface area contributed by atoms with Gasteiger partial charge in [0.15, 0.2) is 6.29 Å². The summed E-state index contributed by atoms with van der Waals surface area (Å²) in [6, 6.07) is 0. The maximum absolute atomic E-state index is 11.6. The van der Waals surface area contributed by atoms with Gasteiger partial charge in [-0.1, -0.05) is 0 Å². The Kier molecular flexibility index (Phi) is 12.3. The second-order valence-corrected chi connectivity index (χ2v) is 5.90. The van der Waals surface area contributed by atoms with E-state index in [1.54, 1.807) is 0 Å². The highest BCUT2D eigenvalue weighted by atomic mass is 16.7. The molecule has 1 aliphatic rings.